The van der Waals surface area contributed by atoms with Crippen molar-refractivity contribution in [2.75, 3.05) is 34.3 Å². The summed E-state index contributed by atoms with van der Waals surface area (Å²) in [7, 11) is 4.42. The van der Waals surface area contributed by atoms with E-state index < -0.39 is 132 Å². The average Bonchev–Trinajstić information content (AvgIpc) is 4.09. The second-order valence-corrected chi connectivity index (χ2v) is 21.4. The molecule has 0 bridgehead atoms. The number of amides is 6. The van der Waals surface area contributed by atoms with E-state index in [9.17, 15) is 48.3 Å². The maximum absolute atomic E-state index is 14.9. The van der Waals surface area contributed by atoms with Crippen LogP contribution in [0.3, 0.4) is 0 Å². The minimum absolute atomic E-state index is 0.0948. The number of likely N-dealkylation sites (N-methyl/N-ethyl adjacent to an activating group) is 2. The number of Topliss-reactive ketones (excluding diaryl/α,β-unsaturated/α-hetero) is 1. The highest BCUT2D eigenvalue weighted by Crippen LogP contribution is 2.26. The van der Waals surface area contributed by atoms with Gasteiger partial charge in [-0.05, 0) is 80.9 Å². The van der Waals surface area contributed by atoms with E-state index in [0.29, 0.717) is 30.7 Å². The molecule has 0 aromatic heterocycles. The maximum atomic E-state index is 14.9. The van der Waals surface area contributed by atoms with Crippen molar-refractivity contribution < 1.29 is 62.5 Å². The van der Waals surface area contributed by atoms with Gasteiger partial charge in [-0.2, -0.15) is 0 Å². The van der Waals surface area contributed by atoms with Crippen LogP contribution in [0.1, 0.15) is 113 Å². The fourth-order valence-corrected chi connectivity index (χ4v) is 9.61. The lowest BCUT2D eigenvalue weighted by atomic mass is 9.91. The van der Waals surface area contributed by atoms with Gasteiger partial charge < -0.3 is 50.0 Å². The van der Waals surface area contributed by atoms with Crippen LogP contribution in [0.15, 0.2) is 36.4 Å². The summed E-state index contributed by atoms with van der Waals surface area (Å²) in [6, 6.07) is -1.43. The fourth-order valence-electron chi connectivity index (χ4n) is 9.61. The van der Waals surface area contributed by atoms with Crippen LogP contribution in [0, 0.1) is 29.6 Å². The first-order valence-electron chi connectivity index (χ1n) is 26.2. The van der Waals surface area contributed by atoms with Gasteiger partial charge in [0.05, 0.1) is 31.6 Å². The summed E-state index contributed by atoms with van der Waals surface area (Å²) < 4.78 is 17.2. The van der Waals surface area contributed by atoms with Gasteiger partial charge in [0.25, 0.3) is 0 Å². The minimum Gasteiger partial charge on any atom is -0.497 e. The third-order valence-electron chi connectivity index (χ3n) is 14.4. The highest BCUT2D eigenvalue weighted by Gasteiger charge is 2.45. The number of methoxy groups -OCH3 is 1. The van der Waals surface area contributed by atoms with Gasteiger partial charge in [-0.25, -0.2) is 4.79 Å². The molecule has 4 rings (SSSR count). The van der Waals surface area contributed by atoms with Gasteiger partial charge in [0.15, 0.2) is 11.9 Å². The molecule has 2 fully saturated rings. The number of rotatable bonds is 14. The zero-order valence-electron chi connectivity index (χ0n) is 45.7. The van der Waals surface area contributed by atoms with Crippen LogP contribution >= 0.6 is 0 Å². The zero-order valence-corrected chi connectivity index (χ0v) is 45.7. The summed E-state index contributed by atoms with van der Waals surface area (Å²) in [5.41, 5.74) is 0.599. The molecule has 0 aliphatic carbocycles. The molecule has 2 saturated heterocycles. The molecule has 412 valence electrons. The molecule has 0 radical (unpaired) electrons. The first-order chi connectivity index (χ1) is 34.8. The Kier molecular flexibility index (Phi) is 22.6. The number of hydrogen-bond donors (Lipinski definition) is 5. The second kappa shape index (κ2) is 27.6. The lowest BCUT2D eigenvalue weighted by molar-refractivity contribution is -0.163. The molecule has 20 nitrogen and oxygen atoms in total. The van der Waals surface area contributed by atoms with E-state index in [4.69, 9.17) is 14.2 Å². The highest BCUT2D eigenvalue weighted by molar-refractivity contribution is 6.05. The maximum Gasteiger partial charge on any atom is 0.329 e. The van der Waals surface area contributed by atoms with E-state index in [1.54, 1.807) is 64.1 Å². The van der Waals surface area contributed by atoms with Crippen molar-refractivity contribution >= 4 is 53.2 Å². The SMILES string of the molecule is CC[C@H](C)[C@H]1NC(=O)[C@@H](NC(=O)[C@@H](CC(C)C)N(C)C(=O)[C@@H]2C=CCN2)[C@@H](C)OC(=O)[C@H](Cc2ccc(OC)cc2)N(C)C(=O)[C@@H]2CCCN2C(=O)[C@H](CC(C)C)NC(=O)[C@@H](C)C(=O)[C@H](C(C)C)OC(=O)C[C@@H]1O. The first-order valence-corrected chi connectivity index (χ1v) is 26.2. The number of benzene rings is 1. The molecular weight excluding hydrogens is 955 g/mol. The molecule has 1 aromatic carbocycles. The fraction of sp³-hybridized carbons (Fsp3) is 0.685. The first kappa shape index (κ1) is 60.7. The predicted octanol–water partition coefficient (Wildman–Crippen LogP) is 2.47. The molecule has 6 amide bonds. The van der Waals surface area contributed by atoms with E-state index in [2.05, 4.69) is 21.3 Å². The summed E-state index contributed by atoms with van der Waals surface area (Å²) in [6.07, 6.45) is -0.439. The Morgan fingerprint density at radius 1 is 0.919 bits per heavy atom. The largest absolute Gasteiger partial charge is 0.497 e. The second-order valence-electron chi connectivity index (χ2n) is 21.4. The molecule has 12 atom stereocenters. The molecule has 5 N–H and O–H groups in total. The van der Waals surface area contributed by atoms with E-state index in [1.165, 1.54) is 49.8 Å². The Bertz CT molecular complexity index is 2180. The molecule has 3 heterocycles. The summed E-state index contributed by atoms with van der Waals surface area (Å²) in [5.74, 6) is -8.89. The molecule has 0 spiro atoms. The van der Waals surface area contributed by atoms with Crippen LogP contribution in [-0.4, -0.2) is 168 Å². The predicted molar refractivity (Wildman–Crippen MR) is 275 cm³/mol. The van der Waals surface area contributed by atoms with Gasteiger partial charge in [0, 0.05) is 33.6 Å². The van der Waals surface area contributed by atoms with Crippen LogP contribution in [0.4, 0.5) is 0 Å². The average molecular weight is 1040 g/mol. The Balaban J connectivity index is 1.88. The van der Waals surface area contributed by atoms with Crippen LogP contribution in [0.25, 0.3) is 0 Å². The molecular formula is C54H83N7O13. The van der Waals surface area contributed by atoms with Crippen LogP contribution in [0.5, 0.6) is 5.75 Å². The van der Waals surface area contributed by atoms with Gasteiger partial charge in [0.1, 0.15) is 48.1 Å². The summed E-state index contributed by atoms with van der Waals surface area (Å²) in [4.78, 5) is 133. The van der Waals surface area contributed by atoms with Gasteiger partial charge in [-0.15, -0.1) is 0 Å². The Hall–Kier alpha value is -5.89. The van der Waals surface area contributed by atoms with E-state index >= 15 is 0 Å². The van der Waals surface area contributed by atoms with Gasteiger partial charge in [0.2, 0.25) is 35.4 Å². The third kappa shape index (κ3) is 15.8. The molecule has 74 heavy (non-hydrogen) atoms. The van der Waals surface area contributed by atoms with Crippen LogP contribution in [0.2, 0.25) is 0 Å². The number of aliphatic hydroxyl groups excluding tert-OH is 1. The van der Waals surface area contributed by atoms with Crippen molar-refractivity contribution in [3.63, 3.8) is 0 Å². The van der Waals surface area contributed by atoms with Crippen molar-refractivity contribution in [1.29, 1.82) is 0 Å². The Labute approximate surface area is 436 Å². The summed E-state index contributed by atoms with van der Waals surface area (Å²) in [6.45, 7) is 17.6. The number of esters is 2. The molecule has 1 aromatic rings. The number of carbonyl (C=O) groups excluding carboxylic acids is 9. The Morgan fingerprint density at radius 3 is 2.15 bits per heavy atom. The quantitative estimate of drug-likeness (QED) is 0.102. The van der Waals surface area contributed by atoms with E-state index in [0.717, 1.165) is 0 Å². The molecule has 3 aliphatic heterocycles. The number of carbonyl (C=O) groups is 9. The lowest BCUT2D eigenvalue weighted by Crippen LogP contribution is -2.62. The van der Waals surface area contributed by atoms with E-state index in [-0.39, 0.29) is 50.0 Å². The highest BCUT2D eigenvalue weighted by atomic mass is 16.6. The number of nitrogens with zero attached hydrogens (tertiary/aromatic N) is 3. The van der Waals surface area contributed by atoms with E-state index in [1.807, 2.05) is 27.7 Å². The monoisotopic (exact) mass is 1040 g/mol. The van der Waals surface area contributed by atoms with Crippen molar-refractivity contribution in [1.82, 2.24) is 36.0 Å². The normalized spacial score (nSPS) is 28.1. The number of aliphatic hydroxyl groups is 1. The van der Waals surface area contributed by atoms with Crippen LogP contribution in [-0.2, 0) is 59.0 Å². The van der Waals surface area contributed by atoms with Crippen molar-refractivity contribution in [3.8, 4) is 5.75 Å². The van der Waals surface area contributed by atoms with Gasteiger partial charge >= 0.3 is 11.9 Å². The minimum atomic E-state index is -1.68. The summed E-state index contributed by atoms with van der Waals surface area (Å²) in [5, 5.41) is 23.2. The molecule has 20 heteroatoms. The molecule has 3 aliphatic rings. The standard InChI is InChI=1S/C54H83N7O13/c1-14-32(8)44-42(62)28-43(63)74-47(31(6)7)46(64)33(9)48(65)56-38(25-29(2)3)52(69)61-24-16-18-39(61)53(70)60(12)41(27-35-19-21-36(72-13)22-20-35)54(71)73-34(10)45(50(67)57-44)58-49(66)40(26-30(4)5)59(11)51(68)37-17-15-23-55-37/h15,17,19-22,29-34,37-42,44-45,47,55,62H,14,16,18,23-28H2,1-13H3,(H,56,65)(H,57,67)(H,58,66)/t32-,33-,34+,37-,38-,39-,40+,41-,42-,44+,45-,47-/m0/s1. The number of hydrogen-bond acceptors (Lipinski definition) is 14. The number of fused-ring (bicyclic) bond motifs is 1. The van der Waals surface area contributed by atoms with Crippen molar-refractivity contribution in [2.24, 2.45) is 29.6 Å². The summed E-state index contributed by atoms with van der Waals surface area (Å²) >= 11 is 0. The number of cyclic esters (lactones) is 2. The van der Waals surface area contributed by atoms with Crippen LogP contribution < -0.4 is 26.0 Å². The lowest BCUT2D eigenvalue weighted by Gasteiger charge is -2.36. The molecule has 0 saturated carbocycles. The van der Waals surface area contributed by atoms with Crippen molar-refractivity contribution in [3.05, 3.63) is 42.0 Å². The number of nitrogens with one attached hydrogen (secondary N) is 4. The Morgan fingerprint density at radius 2 is 1.58 bits per heavy atom. The molecule has 0 unspecified atom stereocenters. The van der Waals surface area contributed by atoms with Crippen molar-refractivity contribution in [2.45, 2.75) is 175 Å². The number of ketones is 1. The topological polar surface area (TPSA) is 259 Å². The number of ether oxygens (including phenoxy) is 3. The zero-order chi connectivity index (χ0) is 55.3. The smallest absolute Gasteiger partial charge is 0.329 e. The van der Waals surface area contributed by atoms with Gasteiger partial charge in [-0.1, -0.05) is 86.1 Å². The van der Waals surface area contributed by atoms with Gasteiger partial charge in [-0.3, -0.25) is 43.7 Å². The third-order valence-corrected chi connectivity index (χ3v) is 14.4.